The van der Waals surface area contributed by atoms with E-state index in [1.807, 2.05) is 30.3 Å². The number of rotatable bonds is 7. The van der Waals surface area contributed by atoms with Crippen LogP contribution in [0.25, 0.3) is 0 Å². The number of aromatic nitrogens is 1. The molecule has 0 fully saturated rings. The van der Waals surface area contributed by atoms with Crippen LogP contribution in [0.15, 0.2) is 48.7 Å². The molecule has 20 heavy (non-hydrogen) atoms. The second-order valence-electron chi connectivity index (χ2n) is 4.68. The lowest BCUT2D eigenvalue weighted by molar-refractivity contribution is 0.274. The number of pyridine rings is 1. The monoisotopic (exact) mass is 290 g/mol. The Balaban J connectivity index is 1.99. The Labute approximate surface area is 124 Å². The van der Waals surface area contributed by atoms with Gasteiger partial charge in [0.05, 0.1) is 10.7 Å². The van der Waals surface area contributed by atoms with Crippen molar-refractivity contribution in [2.45, 2.75) is 25.4 Å². The minimum atomic E-state index is 0.213. The van der Waals surface area contributed by atoms with E-state index in [4.69, 9.17) is 16.7 Å². The fraction of sp³-hybridized carbons (Fsp3) is 0.312. The summed E-state index contributed by atoms with van der Waals surface area (Å²) in [5.74, 6) is 0. The lowest BCUT2D eigenvalue weighted by atomic mass is 10.0. The van der Waals surface area contributed by atoms with Crippen molar-refractivity contribution in [3.63, 3.8) is 0 Å². The highest BCUT2D eigenvalue weighted by Gasteiger charge is 2.10. The molecule has 1 unspecified atom stereocenters. The Morgan fingerprint density at radius 2 is 1.95 bits per heavy atom. The second kappa shape index (κ2) is 8.00. The second-order valence-corrected chi connectivity index (χ2v) is 5.11. The minimum Gasteiger partial charge on any atom is -0.396 e. The quantitative estimate of drug-likeness (QED) is 0.822. The molecule has 4 heteroatoms. The van der Waals surface area contributed by atoms with Crippen LogP contribution >= 0.6 is 11.6 Å². The third kappa shape index (κ3) is 4.60. The van der Waals surface area contributed by atoms with E-state index in [0.29, 0.717) is 11.6 Å². The molecule has 0 radical (unpaired) electrons. The molecule has 0 aliphatic heterocycles. The van der Waals surface area contributed by atoms with Gasteiger partial charge >= 0.3 is 0 Å². The molecule has 1 aromatic carbocycles. The topological polar surface area (TPSA) is 45.1 Å². The van der Waals surface area contributed by atoms with Crippen LogP contribution in [0.4, 0.5) is 0 Å². The fourth-order valence-electron chi connectivity index (χ4n) is 2.11. The van der Waals surface area contributed by atoms with Crippen LogP contribution in [-0.2, 0) is 6.54 Å². The van der Waals surface area contributed by atoms with Gasteiger partial charge in [0.1, 0.15) is 0 Å². The predicted octanol–water partition coefficient (Wildman–Crippen LogP) is 3.34. The summed E-state index contributed by atoms with van der Waals surface area (Å²) in [5, 5.41) is 13.2. The van der Waals surface area contributed by atoms with Crippen molar-refractivity contribution in [2.75, 3.05) is 6.61 Å². The highest BCUT2D eigenvalue weighted by atomic mass is 35.5. The Hall–Kier alpha value is -1.42. The van der Waals surface area contributed by atoms with Crippen LogP contribution in [0.3, 0.4) is 0 Å². The highest BCUT2D eigenvalue weighted by Crippen LogP contribution is 2.18. The summed E-state index contributed by atoms with van der Waals surface area (Å²) in [7, 11) is 0. The first-order valence-electron chi connectivity index (χ1n) is 6.79. The molecular formula is C16H19ClN2O. The molecule has 0 aliphatic rings. The number of nitrogens with zero attached hydrogens (tertiary/aromatic N) is 1. The summed E-state index contributed by atoms with van der Waals surface area (Å²) >= 11 is 5.83. The van der Waals surface area contributed by atoms with Crippen molar-refractivity contribution >= 4 is 11.6 Å². The standard InChI is InChI=1S/C16H19ClN2O/c17-14-8-9-15(18-11-14)12-19-16(7-4-10-20)13-5-2-1-3-6-13/h1-3,5-6,8-9,11,16,19-20H,4,7,10,12H2. The number of benzene rings is 1. The van der Waals surface area contributed by atoms with Crippen LogP contribution in [0.1, 0.15) is 30.1 Å². The Morgan fingerprint density at radius 3 is 2.60 bits per heavy atom. The van der Waals surface area contributed by atoms with Crippen LogP contribution in [0.5, 0.6) is 0 Å². The predicted molar refractivity (Wildman–Crippen MR) is 81.6 cm³/mol. The minimum absolute atomic E-state index is 0.213. The van der Waals surface area contributed by atoms with Gasteiger partial charge in [-0.1, -0.05) is 41.9 Å². The van der Waals surface area contributed by atoms with Gasteiger partial charge in [0.25, 0.3) is 0 Å². The van der Waals surface area contributed by atoms with Gasteiger partial charge in [-0.2, -0.15) is 0 Å². The van der Waals surface area contributed by atoms with Crippen molar-refractivity contribution in [1.82, 2.24) is 10.3 Å². The smallest absolute Gasteiger partial charge is 0.0589 e. The van der Waals surface area contributed by atoms with E-state index in [9.17, 15) is 0 Å². The van der Waals surface area contributed by atoms with E-state index in [0.717, 1.165) is 18.5 Å². The number of hydrogen-bond acceptors (Lipinski definition) is 3. The molecule has 2 rings (SSSR count). The maximum Gasteiger partial charge on any atom is 0.0589 e. The molecule has 0 aliphatic carbocycles. The molecule has 2 aromatic rings. The molecule has 0 saturated heterocycles. The molecule has 106 valence electrons. The number of aliphatic hydroxyl groups excluding tert-OH is 1. The summed E-state index contributed by atoms with van der Waals surface area (Å²) in [6.07, 6.45) is 3.33. The summed E-state index contributed by atoms with van der Waals surface area (Å²) in [6.45, 7) is 0.895. The molecule has 2 N–H and O–H groups in total. The van der Waals surface area contributed by atoms with Crippen LogP contribution < -0.4 is 5.32 Å². The van der Waals surface area contributed by atoms with Crippen molar-refractivity contribution < 1.29 is 5.11 Å². The van der Waals surface area contributed by atoms with Gasteiger partial charge in [-0.3, -0.25) is 4.98 Å². The molecule has 1 heterocycles. The third-order valence-corrected chi connectivity index (χ3v) is 3.39. The average Bonchev–Trinajstić information content (AvgIpc) is 2.50. The lowest BCUT2D eigenvalue weighted by Gasteiger charge is -2.18. The number of aliphatic hydroxyl groups is 1. The van der Waals surface area contributed by atoms with Gasteiger partial charge < -0.3 is 10.4 Å². The molecular weight excluding hydrogens is 272 g/mol. The Bertz CT molecular complexity index is 502. The van der Waals surface area contributed by atoms with Gasteiger partial charge in [0, 0.05) is 25.4 Å². The van der Waals surface area contributed by atoms with Crippen LogP contribution in [-0.4, -0.2) is 16.7 Å². The van der Waals surface area contributed by atoms with Gasteiger partial charge in [-0.05, 0) is 30.5 Å². The molecule has 1 aromatic heterocycles. The van der Waals surface area contributed by atoms with Crippen molar-refractivity contribution in [2.24, 2.45) is 0 Å². The van der Waals surface area contributed by atoms with Crippen LogP contribution in [0, 0.1) is 0 Å². The molecule has 0 saturated carbocycles. The summed E-state index contributed by atoms with van der Waals surface area (Å²) in [6, 6.07) is 14.3. The normalized spacial score (nSPS) is 12.3. The summed E-state index contributed by atoms with van der Waals surface area (Å²) < 4.78 is 0. The zero-order chi connectivity index (χ0) is 14.2. The van der Waals surface area contributed by atoms with E-state index in [2.05, 4.69) is 22.4 Å². The van der Waals surface area contributed by atoms with E-state index >= 15 is 0 Å². The first-order valence-corrected chi connectivity index (χ1v) is 7.17. The number of halogens is 1. The SMILES string of the molecule is OCCCC(NCc1ccc(Cl)cn1)c1ccccc1. The average molecular weight is 291 g/mol. The molecule has 0 spiro atoms. The van der Waals surface area contributed by atoms with Crippen molar-refractivity contribution in [3.05, 3.63) is 64.9 Å². The molecule has 3 nitrogen and oxygen atoms in total. The van der Waals surface area contributed by atoms with Gasteiger partial charge in [-0.15, -0.1) is 0 Å². The van der Waals surface area contributed by atoms with E-state index in [1.54, 1.807) is 6.20 Å². The fourth-order valence-corrected chi connectivity index (χ4v) is 2.22. The lowest BCUT2D eigenvalue weighted by Crippen LogP contribution is -2.21. The van der Waals surface area contributed by atoms with Crippen LogP contribution in [0.2, 0.25) is 5.02 Å². The first kappa shape index (κ1) is 15.0. The van der Waals surface area contributed by atoms with E-state index in [1.165, 1.54) is 5.56 Å². The van der Waals surface area contributed by atoms with E-state index in [-0.39, 0.29) is 12.6 Å². The Morgan fingerprint density at radius 1 is 1.15 bits per heavy atom. The zero-order valence-corrected chi connectivity index (χ0v) is 12.1. The van der Waals surface area contributed by atoms with Gasteiger partial charge in [0.2, 0.25) is 0 Å². The first-order chi connectivity index (χ1) is 9.79. The summed E-state index contributed by atoms with van der Waals surface area (Å²) in [4.78, 5) is 4.28. The van der Waals surface area contributed by atoms with E-state index < -0.39 is 0 Å². The third-order valence-electron chi connectivity index (χ3n) is 3.17. The van der Waals surface area contributed by atoms with Crippen molar-refractivity contribution in [3.8, 4) is 0 Å². The maximum absolute atomic E-state index is 9.02. The largest absolute Gasteiger partial charge is 0.396 e. The molecule has 0 bridgehead atoms. The number of nitrogens with one attached hydrogen (secondary N) is 1. The zero-order valence-electron chi connectivity index (χ0n) is 11.3. The van der Waals surface area contributed by atoms with Gasteiger partial charge in [-0.25, -0.2) is 0 Å². The number of hydrogen-bond donors (Lipinski definition) is 2. The van der Waals surface area contributed by atoms with Crippen molar-refractivity contribution in [1.29, 1.82) is 0 Å². The summed E-state index contributed by atoms with van der Waals surface area (Å²) in [5.41, 5.74) is 2.19. The van der Waals surface area contributed by atoms with Gasteiger partial charge in [0.15, 0.2) is 0 Å². The molecule has 1 atom stereocenters. The maximum atomic E-state index is 9.02. The Kier molecular flexibility index (Phi) is 5.99. The molecule has 0 amide bonds. The highest BCUT2D eigenvalue weighted by molar-refractivity contribution is 6.30.